The van der Waals surface area contributed by atoms with E-state index in [1.54, 1.807) is 0 Å². The molecule has 0 bridgehead atoms. The third kappa shape index (κ3) is 5.83. The fraction of sp³-hybridized carbons (Fsp3) is 0.708. The van der Waals surface area contributed by atoms with E-state index in [4.69, 9.17) is 4.84 Å². The average molecular weight is 427 g/mol. The third-order valence-corrected chi connectivity index (χ3v) is 7.13. The molecule has 2 heterocycles. The summed E-state index contributed by atoms with van der Waals surface area (Å²) in [6.45, 7) is 4.26. The van der Waals surface area contributed by atoms with E-state index >= 15 is 0 Å². The van der Waals surface area contributed by atoms with Crippen LogP contribution in [0.25, 0.3) is 0 Å². The van der Waals surface area contributed by atoms with Crippen LogP contribution in [0, 0.1) is 17.2 Å². The van der Waals surface area contributed by atoms with Crippen molar-refractivity contribution in [1.29, 1.82) is 5.26 Å². The molecule has 0 radical (unpaired) electrons. The van der Waals surface area contributed by atoms with Gasteiger partial charge in [-0.15, -0.1) is 0 Å². The minimum absolute atomic E-state index is 0.0172. The van der Waals surface area contributed by atoms with Crippen LogP contribution in [0.3, 0.4) is 0 Å². The molecule has 4 atom stereocenters. The van der Waals surface area contributed by atoms with Gasteiger partial charge in [0.05, 0.1) is 12.2 Å². The molecule has 1 saturated carbocycles. The van der Waals surface area contributed by atoms with Gasteiger partial charge in [-0.05, 0) is 36.8 Å². The SMILES string of the molecule is CC1NC(c2ccc(CNC3CNC(C#N)(C4CCCCCCCC4)CN3)cc2)NO1. The van der Waals surface area contributed by atoms with Gasteiger partial charge in [-0.1, -0.05) is 62.8 Å². The number of hydroxylamine groups is 1. The molecule has 4 unspecified atom stereocenters. The zero-order chi connectivity index (χ0) is 21.5. The Labute approximate surface area is 186 Å². The molecule has 2 aliphatic heterocycles. The highest BCUT2D eigenvalue weighted by Gasteiger charge is 2.41. The van der Waals surface area contributed by atoms with Crippen LogP contribution in [0.4, 0.5) is 0 Å². The highest BCUT2D eigenvalue weighted by Crippen LogP contribution is 2.31. The van der Waals surface area contributed by atoms with Crippen molar-refractivity contribution >= 4 is 0 Å². The summed E-state index contributed by atoms with van der Waals surface area (Å²) in [5.41, 5.74) is 4.99. The van der Waals surface area contributed by atoms with Crippen molar-refractivity contribution in [1.82, 2.24) is 26.7 Å². The first-order valence-corrected chi connectivity index (χ1v) is 12.1. The molecule has 7 heteroatoms. The zero-order valence-electron chi connectivity index (χ0n) is 18.8. The number of piperazine rings is 1. The molecule has 1 aliphatic carbocycles. The Morgan fingerprint density at radius 3 is 2.39 bits per heavy atom. The quantitative estimate of drug-likeness (QED) is 0.494. The molecule has 1 aromatic carbocycles. The van der Waals surface area contributed by atoms with Gasteiger partial charge in [-0.25, -0.2) is 0 Å². The smallest absolute Gasteiger partial charge is 0.128 e. The van der Waals surface area contributed by atoms with Gasteiger partial charge in [0.1, 0.15) is 17.9 Å². The minimum atomic E-state index is -0.426. The standard InChI is InChI=1S/C24H38N6O/c1-18-29-23(30-31-18)20-12-10-19(11-13-20)14-26-22-15-28-24(16-25,17-27-22)21-8-6-4-2-3-5-7-9-21/h10-13,18,21-23,26-30H,2-9,14-15,17H2,1H3. The Balaban J connectivity index is 1.26. The predicted octanol–water partition coefficient (Wildman–Crippen LogP) is 2.78. The minimum Gasteiger partial charge on any atom is -0.298 e. The molecular formula is C24H38N6O. The van der Waals surface area contributed by atoms with Crippen LogP contribution in [-0.2, 0) is 11.4 Å². The zero-order valence-corrected chi connectivity index (χ0v) is 18.8. The van der Waals surface area contributed by atoms with Gasteiger partial charge >= 0.3 is 0 Å². The van der Waals surface area contributed by atoms with E-state index in [0.717, 1.165) is 13.1 Å². The molecule has 31 heavy (non-hydrogen) atoms. The van der Waals surface area contributed by atoms with Gasteiger partial charge in [-0.2, -0.15) is 10.7 Å². The van der Waals surface area contributed by atoms with Crippen LogP contribution in [0.1, 0.15) is 75.6 Å². The Bertz CT molecular complexity index is 715. The summed E-state index contributed by atoms with van der Waals surface area (Å²) < 4.78 is 0. The number of rotatable bonds is 5. The normalized spacial score (nSPS) is 33.2. The molecule has 0 aromatic heterocycles. The second kappa shape index (κ2) is 10.9. The lowest BCUT2D eigenvalue weighted by atomic mass is 9.77. The van der Waals surface area contributed by atoms with Crippen molar-refractivity contribution < 1.29 is 4.84 Å². The fourth-order valence-corrected chi connectivity index (χ4v) is 5.14. The molecule has 7 nitrogen and oxygen atoms in total. The average Bonchev–Trinajstić information content (AvgIpc) is 3.30. The van der Waals surface area contributed by atoms with Gasteiger partial charge in [0, 0.05) is 19.6 Å². The van der Waals surface area contributed by atoms with Crippen molar-refractivity contribution in [2.24, 2.45) is 5.92 Å². The molecule has 3 aliphatic rings. The lowest BCUT2D eigenvalue weighted by Crippen LogP contribution is -2.68. The van der Waals surface area contributed by atoms with Crippen LogP contribution in [0.15, 0.2) is 24.3 Å². The summed E-state index contributed by atoms with van der Waals surface area (Å²) in [5.74, 6) is 0.445. The Morgan fingerprint density at radius 2 is 1.81 bits per heavy atom. The van der Waals surface area contributed by atoms with E-state index < -0.39 is 5.54 Å². The highest BCUT2D eigenvalue weighted by molar-refractivity contribution is 5.25. The maximum atomic E-state index is 10.1. The Hall–Kier alpha value is -1.53. The van der Waals surface area contributed by atoms with E-state index in [-0.39, 0.29) is 18.6 Å². The van der Waals surface area contributed by atoms with E-state index in [1.165, 1.54) is 62.5 Å². The van der Waals surface area contributed by atoms with E-state index in [9.17, 15) is 5.26 Å². The summed E-state index contributed by atoms with van der Waals surface area (Å²) in [6.07, 6.45) is 10.4. The van der Waals surface area contributed by atoms with Crippen molar-refractivity contribution in [2.75, 3.05) is 13.1 Å². The van der Waals surface area contributed by atoms with Crippen LogP contribution >= 0.6 is 0 Å². The first-order valence-electron chi connectivity index (χ1n) is 12.1. The van der Waals surface area contributed by atoms with Crippen molar-refractivity contribution in [2.45, 2.75) is 88.9 Å². The topological polar surface area (TPSA) is 93.2 Å². The lowest BCUT2D eigenvalue weighted by molar-refractivity contribution is 0.0329. The molecule has 4 rings (SSSR count). The maximum absolute atomic E-state index is 10.1. The monoisotopic (exact) mass is 426 g/mol. The largest absolute Gasteiger partial charge is 0.298 e. The molecule has 2 saturated heterocycles. The molecule has 5 N–H and O–H groups in total. The van der Waals surface area contributed by atoms with Crippen molar-refractivity contribution in [3.63, 3.8) is 0 Å². The molecule has 3 fully saturated rings. The number of hydrogen-bond acceptors (Lipinski definition) is 7. The van der Waals surface area contributed by atoms with E-state index in [0.29, 0.717) is 12.5 Å². The lowest BCUT2D eigenvalue weighted by Gasteiger charge is -2.42. The fourth-order valence-electron chi connectivity index (χ4n) is 5.14. The Morgan fingerprint density at radius 1 is 1.10 bits per heavy atom. The Kier molecular flexibility index (Phi) is 7.94. The number of nitriles is 1. The number of benzene rings is 1. The first kappa shape index (κ1) is 22.7. The second-order valence-electron chi connectivity index (χ2n) is 9.39. The summed E-state index contributed by atoms with van der Waals surface area (Å²) in [5, 5.41) is 24.2. The number of nitrogens with zero attached hydrogens (tertiary/aromatic N) is 1. The number of hydrogen-bond donors (Lipinski definition) is 5. The molecule has 170 valence electrons. The molecule has 1 aromatic rings. The molecule has 0 amide bonds. The van der Waals surface area contributed by atoms with Crippen LogP contribution in [0.2, 0.25) is 0 Å². The van der Waals surface area contributed by atoms with Gasteiger partial charge in [0.2, 0.25) is 0 Å². The molecular weight excluding hydrogens is 388 g/mol. The second-order valence-corrected chi connectivity index (χ2v) is 9.39. The van der Waals surface area contributed by atoms with Crippen molar-refractivity contribution in [3.8, 4) is 6.07 Å². The van der Waals surface area contributed by atoms with Gasteiger partial charge in [0.15, 0.2) is 0 Å². The van der Waals surface area contributed by atoms with Gasteiger partial charge < -0.3 is 0 Å². The summed E-state index contributed by atoms with van der Waals surface area (Å²) in [7, 11) is 0. The van der Waals surface area contributed by atoms with E-state index in [2.05, 4.69) is 57.1 Å². The predicted molar refractivity (Wildman–Crippen MR) is 121 cm³/mol. The van der Waals surface area contributed by atoms with E-state index in [1.807, 2.05) is 6.92 Å². The van der Waals surface area contributed by atoms with Crippen LogP contribution in [0.5, 0.6) is 0 Å². The highest BCUT2D eigenvalue weighted by atomic mass is 16.7. The van der Waals surface area contributed by atoms with Crippen LogP contribution in [-0.4, -0.2) is 31.0 Å². The number of nitrogens with one attached hydrogen (secondary N) is 5. The van der Waals surface area contributed by atoms with Crippen molar-refractivity contribution in [3.05, 3.63) is 35.4 Å². The first-order chi connectivity index (χ1) is 15.2. The summed E-state index contributed by atoms with van der Waals surface area (Å²) >= 11 is 0. The van der Waals surface area contributed by atoms with Gasteiger partial charge in [0.25, 0.3) is 0 Å². The molecule has 0 spiro atoms. The third-order valence-electron chi connectivity index (χ3n) is 7.13. The summed E-state index contributed by atoms with van der Waals surface area (Å²) in [6, 6.07) is 11.2. The van der Waals surface area contributed by atoms with Crippen LogP contribution < -0.4 is 26.7 Å². The summed E-state index contributed by atoms with van der Waals surface area (Å²) in [4.78, 5) is 5.35. The maximum Gasteiger partial charge on any atom is 0.128 e. The van der Waals surface area contributed by atoms with Gasteiger partial charge in [-0.3, -0.25) is 26.1 Å².